The molecule has 1 N–H and O–H groups in total. The van der Waals surface area contributed by atoms with E-state index >= 15 is 0 Å². The van der Waals surface area contributed by atoms with Gasteiger partial charge in [0.25, 0.3) is 0 Å². The average Bonchev–Trinajstić information content (AvgIpc) is 2.66. The predicted octanol–water partition coefficient (Wildman–Crippen LogP) is 5.06. The Kier molecular flexibility index (Phi) is 6.07. The van der Waals surface area contributed by atoms with E-state index in [1.165, 1.54) is 29.5 Å². The Balaban J connectivity index is 1.80. The fourth-order valence-electron chi connectivity index (χ4n) is 4.14. The highest BCUT2D eigenvalue weighted by Gasteiger charge is 2.36. The molecule has 0 fully saturated rings. The summed E-state index contributed by atoms with van der Waals surface area (Å²) in [7, 11) is -3.43. The Bertz CT molecular complexity index is 1010. The van der Waals surface area contributed by atoms with Crippen LogP contribution < -0.4 is 0 Å². The van der Waals surface area contributed by atoms with Crippen LogP contribution in [0, 0.1) is 0 Å². The largest absolute Gasteiger partial charge is 0.395 e. The number of aliphatic hydroxyl groups is 1. The van der Waals surface area contributed by atoms with Gasteiger partial charge in [-0.05, 0) is 64.5 Å². The summed E-state index contributed by atoms with van der Waals surface area (Å²) in [6, 6.07) is 13.7. The van der Waals surface area contributed by atoms with E-state index in [0.29, 0.717) is 0 Å². The third-order valence-corrected chi connectivity index (χ3v) is 7.85. The molecule has 1 aliphatic carbocycles. The third kappa shape index (κ3) is 4.81. The summed E-state index contributed by atoms with van der Waals surface area (Å²) in [5.41, 5.74) is 5.46. The maximum atomic E-state index is 12.1. The summed E-state index contributed by atoms with van der Waals surface area (Å²) in [4.78, 5) is 0.256. The first-order chi connectivity index (χ1) is 13.5. The minimum Gasteiger partial charge on any atom is -0.395 e. The van der Waals surface area contributed by atoms with Crippen molar-refractivity contribution in [3.63, 3.8) is 0 Å². The van der Waals surface area contributed by atoms with Crippen LogP contribution in [0.15, 0.2) is 53.4 Å². The van der Waals surface area contributed by atoms with Gasteiger partial charge in [-0.25, -0.2) is 8.42 Å². The number of aliphatic hydroxyl groups excluding tert-OH is 1. The van der Waals surface area contributed by atoms with E-state index in [9.17, 15) is 8.42 Å². The third-order valence-electron chi connectivity index (χ3n) is 6.16. The first kappa shape index (κ1) is 21.8. The molecular weight excluding hydrogens is 380 g/mol. The summed E-state index contributed by atoms with van der Waals surface area (Å²) < 4.78 is 24.3. The van der Waals surface area contributed by atoms with Crippen molar-refractivity contribution < 1.29 is 13.5 Å². The maximum absolute atomic E-state index is 12.1. The summed E-state index contributed by atoms with van der Waals surface area (Å²) in [5.74, 6) is -0.249. The van der Waals surface area contributed by atoms with Crippen molar-refractivity contribution in [3.8, 4) is 0 Å². The standard InChI is InChI=1S/C25H32O3S/c1-24(2)13-14-25(3,4)23-18-20(11-12-22(23)24)8-5-7-19-9-6-10-21(17-19)29(27,28)16-15-26/h5-7,9-12,17-18,26H,8,13-16H2,1-4H3. The second kappa shape index (κ2) is 8.08. The van der Waals surface area contributed by atoms with Crippen LogP contribution in [-0.4, -0.2) is 25.9 Å². The fourth-order valence-corrected chi connectivity index (χ4v) is 5.22. The highest BCUT2D eigenvalue weighted by atomic mass is 32.2. The molecule has 0 amide bonds. The van der Waals surface area contributed by atoms with Crippen LogP contribution >= 0.6 is 0 Å². The molecule has 0 heterocycles. The number of hydrogen-bond acceptors (Lipinski definition) is 3. The van der Waals surface area contributed by atoms with Crippen LogP contribution in [0.5, 0.6) is 0 Å². The molecule has 0 unspecified atom stereocenters. The Morgan fingerprint density at radius 1 is 0.966 bits per heavy atom. The van der Waals surface area contributed by atoms with Crippen LogP contribution in [0.25, 0.3) is 6.08 Å². The molecule has 0 atom stereocenters. The molecule has 3 rings (SSSR count). The van der Waals surface area contributed by atoms with Gasteiger partial charge in [-0.2, -0.15) is 0 Å². The lowest BCUT2D eigenvalue weighted by Gasteiger charge is -2.42. The van der Waals surface area contributed by atoms with E-state index in [4.69, 9.17) is 5.11 Å². The quantitative estimate of drug-likeness (QED) is 0.722. The molecule has 2 aromatic carbocycles. The Hall–Kier alpha value is -1.91. The molecule has 0 aliphatic heterocycles. The zero-order chi connectivity index (χ0) is 21.3. The fraction of sp³-hybridized carbons (Fsp3) is 0.440. The lowest BCUT2D eigenvalue weighted by Crippen LogP contribution is -2.33. The molecule has 0 saturated carbocycles. The van der Waals surface area contributed by atoms with Crippen molar-refractivity contribution in [2.45, 2.75) is 62.7 Å². The maximum Gasteiger partial charge on any atom is 0.180 e. The summed E-state index contributed by atoms with van der Waals surface area (Å²) in [6.45, 7) is 8.96. The first-order valence-electron chi connectivity index (χ1n) is 10.3. The molecule has 2 aromatic rings. The molecular formula is C25H32O3S. The number of fused-ring (bicyclic) bond motifs is 1. The van der Waals surface area contributed by atoms with E-state index in [-0.39, 0.29) is 28.1 Å². The second-order valence-electron chi connectivity index (χ2n) is 9.37. The van der Waals surface area contributed by atoms with Crippen LogP contribution in [0.2, 0.25) is 0 Å². The van der Waals surface area contributed by atoms with E-state index in [2.05, 4.69) is 52.0 Å². The molecule has 0 spiro atoms. The van der Waals surface area contributed by atoms with Gasteiger partial charge in [0.05, 0.1) is 17.3 Å². The van der Waals surface area contributed by atoms with Crippen LogP contribution in [-0.2, 0) is 27.1 Å². The summed E-state index contributed by atoms with van der Waals surface area (Å²) in [6.07, 6.45) is 7.26. The lowest BCUT2D eigenvalue weighted by molar-refractivity contribution is 0.319. The van der Waals surface area contributed by atoms with Crippen LogP contribution in [0.4, 0.5) is 0 Å². The van der Waals surface area contributed by atoms with Gasteiger partial charge >= 0.3 is 0 Å². The number of rotatable bonds is 6. The van der Waals surface area contributed by atoms with E-state index in [1.807, 2.05) is 12.1 Å². The van der Waals surface area contributed by atoms with Crippen molar-refractivity contribution in [1.82, 2.24) is 0 Å². The van der Waals surface area contributed by atoms with E-state index in [0.717, 1.165) is 12.0 Å². The van der Waals surface area contributed by atoms with Gasteiger partial charge in [-0.3, -0.25) is 0 Å². The smallest absolute Gasteiger partial charge is 0.180 e. The molecule has 0 saturated heterocycles. The van der Waals surface area contributed by atoms with E-state index in [1.54, 1.807) is 18.2 Å². The molecule has 1 aliphatic rings. The molecule has 156 valence electrons. The van der Waals surface area contributed by atoms with Crippen molar-refractivity contribution in [2.24, 2.45) is 0 Å². The molecule has 3 nitrogen and oxygen atoms in total. The van der Waals surface area contributed by atoms with Gasteiger partial charge in [0.15, 0.2) is 9.84 Å². The Morgan fingerprint density at radius 2 is 1.66 bits per heavy atom. The molecule has 0 radical (unpaired) electrons. The summed E-state index contributed by atoms with van der Waals surface area (Å²) >= 11 is 0. The molecule has 0 aromatic heterocycles. The zero-order valence-electron chi connectivity index (χ0n) is 17.9. The number of hydrogen-bond donors (Lipinski definition) is 1. The van der Waals surface area contributed by atoms with Crippen LogP contribution in [0.3, 0.4) is 0 Å². The average molecular weight is 413 g/mol. The van der Waals surface area contributed by atoms with Gasteiger partial charge < -0.3 is 5.11 Å². The number of benzene rings is 2. The van der Waals surface area contributed by atoms with E-state index < -0.39 is 9.84 Å². The number of allylic oxidation sites excluding steroid dienone is 1. The van der Waals surface area contributed by atoms with Crippen molar-refractivity contribution in [2.75, 3.05) is 12.4 Å². The highest BCUT2D eigenvalue weighted by molar-refractivity contribution is 7.91. The van der Waals surface area contributed by atoms with Crippen molar-refractivity contribution in [1.29, 1.82) is 0 Å². The second-order valence-corrected chi connectivity index (χ2v) is 11.5. The molecule has 29 heavy (non-hydrogen) atoms. The predicted molar refractivity (Wildman–Crippen MR) is 120 cm³/mol. The van der Waals surface area contributed by atoms with Gasteiger partial charge in [0, 0.05) is 0 Å². The zero-order valence-corrected chi connectivity index (χ0v) is 18.7. The molecule has 0 bridgehead atoms. The first-order valence-corrected chi connectivity index (χ1v) is 11.9. The number of sulfone groups is 1. The Labute approximate surface area is 175 Å². The minimum atomic E-state index is -3.43. The lowest BCUT2D eigenvalue weighted by atomic mass is 9.63. The normalized spacial score (nSPS) is 18.0. The van der Waals surface area contributed by atoms with Gasteiger partial charge in [0.1, 0.15) is 0 Å². The summed E-state index contributed by atoms with van der Waals surface area (Å²) in [5, 5.41) is 8.96. The SMILES string of the molecule is CC1(C)CCC(C)(C)c2cc(CC=Cc3cccc(S(=O)(=O)CCO)c3)ccc21. The van der Waals surface area contributed by atoms with Gasteiger partial charge in [-0.1, -0.05) is 70.2 Å². The van der Waals surface area contributed by atoms with Gasteiger partial charge in [0.2, 0.25) is 0 Å². The Morgan fingerprint density at radius 3 is 2.34 bits per heavy atom. The van der Waals surface area contributed by atoms with Gasteiger partial charge in [-0.15, -0.1) is 0 Å². The topological polar surface area (TPSA) is 54.4 Å². The highest BCUT2D eigenvalue weighted by Crippen LogP contribution is 2.45. The van der Waals surface area contributed by atoms with Crippen molar-refractivity contribution in [3.05, 3.63) is 70.8 Å². The monoisotopic (exact) mass is 412 g/mol. The molecule has 4 heteroatoms. The van der Waals surface area contributed by atoms with Crippen molar-refractivity contribution >= 4 is 15.9 Å². The van der Waals surface area contributed by atoms with Crippen LogP contribution in [0.1, 0.15) is 62.8 Å². The minimum absolute atomic E-state index is 0.194.